The lowest BCUT2D eigenvalue weighted by molar-refractivity contribution is -0.141. The van der Waals surface area contributed by atoms with Gasteiger partial charge in [-0.2, -0.15) is 5.10 Å². The van der Waals surface area contributed by atoms with Gasteiger partial charge in [0.15, 0.2) is 0 Å². The van der Waals surface area contributed by atoms with E-state index < -0.39 is 23.5 Å². The number of anilines is 1. The zero-order valence-corrected chi connectivity index (χ0v) is 12.1. The van der Waals surface area contributed by atoms with Gasteiger partial charge in [0.05, 0.1) is 19.0 Å². The van der Waals surface area contributed by atoms with E-state index in [2.05, 4.69) is 31.1 Å². The Bertz CT molecular complexity index is 573. The lowest BCUT2D eigenvalue weighted by atomic mass is 10.3. The molecule has 1 heterocycles. The van der Waals surface area contributed by atoms with E-state index in [4.69, 9.17) is 5.73 Å². The monoisotopic (exact) mass is 348 g/mol. The lowest BCUT2D eigenvalue weighted by Gasteiger charge is -2.11. The summed E-state index contributed by atoms with van der Waals surface area (Å²) in [4.78, 5) is 33.6. The first-order valence-corrected chi connectivity index (χ1v) is 6.19. The molecule has 0 fully saturated rings. The van der Waals surface area contributed by atoms with Crippen molar-refractivity contribution in [1.29, 1.82) is 0 Å². The number of amides is 1. The van der Waals surface area contributed by atoms with E-state index in [0.717, 1.165) is 4.68 Å². The normalized spacial score (nSPS) is 11.8. The molecule has 0 saturated carbocycles. The summed E-state index contributed by atoms with van der Waals surface area (Å²) in [6.07, 6.45) is -0.123. The molecule has 0 radical (unpaired) electrons. The predicted molar refractivity (Wildman–Crippen MR) is 71.9 cm³/mol. The number of carbonyl (C=O) groups is 2. The quantitative estimate of drug-likeness (QED) is 0.528. The Morgan fingerprint density at radius 1 is 1.65 bits per heavy atom. The fourth-order valence-electron chi connectivity index (χ4n) is 1.19. The highest BCUT2D eigenvalue weighted by atomic mass is 79.9. The van der Waals surface area contributed by atoms with E-state index >= 15 is 0 Å². The second-order valence-electron chi connectivity index (χ2n) is 3.71. The summed E-state index contributed by atoms with van der Waals surface area (Å²) >= 11 is 3.04. The number of halogens is 1. The first kappa shape index (κ1) is 16.1. The molecule has 0 saturated heterocycles. The zero-order valence-electron chi connectivity index (χ0n) is 10.5. The lowest BCUT2D eigenvalue weighted by Crippen LogP contribution is -2.35. The summed E-state index contributed by atoms with van der Waals surface area (Å²) in [7, 11) is 1.20. The Labute approximate surface area is 121 Å². The number of aliphatic hydroxyl groups excluding tert-OH is 1. The average molecular weight is 349 g/mol. The maximum absolute atomic E-state index is 11.9. The van der Waals surface area contributed by atoms with Crippen molar-refractivity contribution in [1.82, 2.24) is 9.78 Å². The van der Waals surface area contributed by atoms with E-state index in [1.165, 1.54) is 13.3 Å². The summed E-state index contributed by atoms with van der Waals surface area (Å²) in [6.45, 7) is -0.492. The number of nitrogens with one attached hydrogen (secondary N) is 1. The SMILES string of the molecule is COC(=O)Cn1ncc(NCC(O)C(N)=O)c(Br)c1=O. The maximum atomic E-state index is 11.9. The molecule has 0 aliphatic carbocycles. The molecule has 110 valence electrons. The molecule has 0 bridgehead atoms. The highest BCUT2D eigenvalue weighted by Gasteiger charge is 2.14. The van der Waals surface area contributed by atoms with Crippen molar-refractivity contribution < 1.29 is 19.4 Å². The molecule has 0 aliphatic heterocycles. The number of nitrogens with zero attached hydrogens (tertiary/aromatic N) is 2. The second-order valence-corrected chi connectivity index (χ2v) is 4.50. The van der Waals surface area contributed by atoms with Crippen LogP contribution in [0.5, 0.6) is 0 Å². The van der Waals surface area contributed by atoms with Crippen molar-refractivity contribution in [2.24, 2.45) is 5.73 Å². The number of ether oxygens (including phenoxy) is 1. The van der Waals surface area contributed by atoms with Gasteiger partial charge in [-0.3, -0.25) is 14.4 Å². The van der Waals surface area contributed by atoms with E-state index in [1.807, 2.05) is 0 Å². The number of aromatic nitrogens is 2. The molecule has 1 amide bonds. The van der Waals surface area contributed by atoms with Crippen LogP contribution in [0.4, 0.5) is 5.69 Å². The molecule has 0 aromatic carbocycles. The minimum absolute atomic E-state index is 0.105. The minimum atomic E-state index is -1.39. The first-order chi connectivity index (χ1) is 9.36. The summed E-state index contributed by atoms with van der Waals surface area (Å²) in [5.74, 6) is -1.50. The standard InChI is InChI=1S/C10H13BrN4O5/c1-20-7(17)4-15-10(19)8(11)5(2-14-15)13-3-6(16)9(12)18/h2,6,13,16H,3-4H2,1H3,(H2,12,18). The van der Waals surface area contributed by atoms with Gasteiger partial charge in [0.1, 0.15) is 17.1 Å². The summed E-state index contributed by atoms with van der Waals surface area (Å²) in [6, 6.07) is 0. The van der Waals surface area contributed by atoms with Crippen molar-refractivity contribution in [2.45, 2.75) is 12.6 Å². The van der Waals surface area contributed by atoms with Gasteiger partial charge < -0.3 is 20.9 Å². The maximum Gasteiger partial charge on any atom is 0.327 e. The third kappa shape index (κ3) is 4.03. The third-order valence-electron chi connectivity index (χ3n) is 2.31. The molecule has 1 unspecified atom stereocenters. The van der Waals surface area contributed by atoms with Gasteiger partial charge in [-0.1, -0.05) is 0 Å². The van der Waals surface area contributed by atoms with Gasteiger partial charge in [-0.15, -0.1) is 0 Å². The molecule has 4 N–H and O–H groups in total. The molecule has 1 aromatic rings. The smallest absolute Gasteiger partial charge is 0.327 e. The molecule has 0 spiro atoms. The van der Waals surface area contributed by atoms with Gasteiger partial charge in [0.2, 0.25) is 5.91 Å². The Kier molecular flexibility index (Phi) is 5.65. The van der Waals surface area contributed by atoms with E-state index in [-0.39, 0.29) is 23.2 Å². The number of hydrogen-bond donors (Lipinski definition) is 3. The van der Waals surface area contributed by atoms with Crippen LogP contribution in [-0.4, -0.2) is 46.5 Å². The number of rotatable bonds is 6. The minimum Gasteiger partial charge on any atom is -0.468 e. The highest BCUT2D eigenvalue weighted by Crippen LogP contribution is 2.15. The third-order valence-corrected chi connectivity index (χ3v) is 3.07. The van der Waals surface area contributed by atoms with Crippen molar-refractivity contribution in [2.75, 3.05) is 19.0 Å². The van der Waals surface area contributed by atoms with Crippen LogP contribution in [0.15, 0.2) is 15.5 Å². The van der Waals surface area contributed by atoms with Crippen molar-refractivity contribution in [3.05, 3.63) is 21.0 Å². The Morgan fingerprint density at radius 2 is 2.30 bits per heavy atom. The van der Waals surface area contributed by atoms with Crippen LogP contribution in [0, 0.1) is 0 Å². The largest absolute Gasteiger partial charge is 0.468 e. The number of hydrogen-bond acceptors (Lipinski definition) is 7. The Morgan fingerprint density at radius 3 is 2.85 bits per heavy atom. The number of primary amides is 1. The second kappa shape index (κ2) is 7.01. The number of nitrogens with two attached hydrogens (primary N) is 1. The summed E-state index contributed by atoms with van der Waals surface area (Å²) in [5.41, 5.74) is 4.59. The Balaban J connectivity index is 2.86. The Hall–Kier alpha value is -1.94. The molecule has 1 rings (SSSR count). The van der Waals surface area contributed by atoms with Crippen LogP contribution in [0.1, 0.15) is 0 Å². The topological polar surface area (TPSA) is 137 Å². The van der Waals surface area contributed by atoms with Crippen LogP contribution in [0.3, 0.4) is 0 Å². The molecule has 1 aromatic heterocycles. The van der Waals surface area contributed by atoms with Crippen molar-refractivity contribution >= 4 is 33.5 Å². The molecule has 10 heteroatoms. The van der Waals surface area contributed by atoms with Crippen LogP contribution >= 0.6 is 15.9 Å². The van der Waals surface area contributed by atoms with Crippen LogP contribution in [0.25, 0.3) is 0 Å². The zero-order chi connectivity index (χ0) is 15.3. The van der Waals surface area contributed by atoms with Gasteiger partial charge in [-0.25, -0.2) is 4.68 Å². The predicted octanol–water partition coefficient (Wildman–Crippen LogP) is -1.56. The van der Waals surface area contributed by atoms with Gasteiger partial charge in [0.25, 0.3) is 5.56 Å². The first-order valence-electron chi connectivity index (χ1n) is 5.40. The molecule has 0 aliphatic rings. The number of methoxy groups -OCH3 is 1. The number of aliphatic hydroxyl groups is 1. The van der Waals surface area contributed by atoms with Gasteiger partial charge >= 0.3 is 5.97 Å². The van der Waals surface area contributed by atoms with Crippen LogP contribution in [-0.2, 0) is 20.9 Å². The number of carbonyl (C=O) groups excluding carboxylic acids is 2. The van der Waals surface area contributed by atoms with E-state index in [0.29, 0.717) is 0 Å². The number of esters is 1. The highest BCUT2D eigenvalue weighted by molar-refractivity contribution is 9.10. The molecule has 1 atom stereocenters. The molecule has 9 nitrogen and oxygen atoms in total. The molecular formula is C10H13BrN4O5. The van der Waals surface area contributed by atoms with Gasteiger partial charge in [-0.05, 0) is 15.9 Å². The molecular weight excluding hydrogens is 336 g/mol. The average Bonchev–Trinajstić information content (AvgIpc) is 2.42. The van der Waals surface area contributed by atoms with Gasteiger partial charge in [0, 0.05) is 6.54 Å². The van der Waals surface area contributed by atoms with Crippen molar-refractivity contribution in [3.8, 4) is 0 Å². The summed E-state index contributed by atoms with van der Waals surface area (Å²) in [5, 5.41) is 15.6. The van der Waals surface area contributed by atoms with Crippen molar-refractivity contribution in [3.63, 3.8) is 0 Å². The van der Waals surface area contributed by atoms with Crippen LogP contribution in [0.2, 0.25) is 0 Å². The molecule has 20 heavy (non-hydrogen) atoms. The fraction of sp³-hybridized carbons (Fsp3) is 0.400. The van der Waals surface area contributed by atoms with E-state index in [9.17, 15) is 19.5 Å². The van der Waals surface area contributed by atoms with E-state index in [1.54, 1.807) is 0 Å². The summed E-state index contributed by atoms with van der Waals surface area (Å²) < 4.78 is 5.44. The fourth-order valence-corrected chi connectivity index (χ4v) is 1.64. The van der Waals surface area contributed by atoms with Crippen LogP contribution < -0.4 is 16.6 Å².